The number of phosphoric acid groups is 1. The number of phosphoric ester groups is 1. The van der Waals surface area contributed by atoms with Crippen molar-refractivity contribution in [2.45, 2.75) is 25.6 Å². The first-order valence-corrected chi connectivity index (χ1v) is 13.3. The SMILES string of the molecule is COc1ccc(CNc2nc(N3CCCC3OP(=O)(O)OC)ncc2C(=O)N=Cc2ncccn2)cc1Cl. The quantitative estimate of drug-likeness (QED) is 0.274. The lowest BCUT2D eigenvalue weighted by Crippen LogP contribution is -2.32. The van der Waals surface area contributed by atoms with E-state index >= 15 is 0 Å². The summed E-state index contributed by atoms with van der Waals surface area (Å²) in [5.74, 6) is 0.580. The van der Waals surface area contributed by atoms with Crippen LogP contribution in [0, 0.1) is 0 Å². The molecule has 4 rings (SSSR count). The fourth-order valence-electron chi connectivity index (χ4n) is 3.64. The Morgan fingerprint density at radius 1 is 1.32 bits per heavy atom. The zero-order valence-corrected chi connectivity index (χ0v) is 22.2. The molecule has 2 atom stereocenters. The summed E-state index contributed by atoms with van der Waals surface area (Å²) in [7, 11) is -1.63. The van der Waals surface area contributed by atoms with Crippen molar-refractivity contribution < 1.29 is 28.0 Å². The Morgan fingerprint density at radius 2 is 2.11 bits per heavy atom. The van der Waals surface area contributed by atoms with Crippen molar-refractivity contribution in [1.29, 1.82) is 0 Å². The number of methoxy groups -OCH3 is 1. The summed E-state index contributed by atoms with van der Waals surface area (Å²) in [6.45, 7) is 0.736. The highest BCUT2D eigenvalue weighted by Crippen LogP contribution is 2.46. The van der Waals surface area contributed by atoms with Crippen LogP contribution in [0.2, 0.25) is 5.02 Å². The number of benzene rings is 1. The van der Waals surface area contributed by atoms with Gasteiger partial charge < -0.3 is 19.8 Å². The molecular formula is C23H25ClN7O6P. The van der Waals surface area contributed by atoms with E-state index in [9.17, 15) is 14.3 Å². The molecule has 1 amide bonds. The predicted octanol–water partition coefficient (Wildman–Crippen LogP) is 3.49. The summed E-state index contributed by atoms with van der Waals surface area (Å²) in [4.78, 5) is 45.2. The summed E-state index contributed by atoms with van der Waals surface area (Å²) < 4.78 is 27.0. The van der Waals surface area contributed by atoms with E-state index in [1.165, 1.54) is 31.9 Å². The molecule has 200 valence electrons. The Labute approximate surface area is 223 Å². The highest BCUT2D eigenvalue weighted by atomic mass is 35.5. The number of hydrogen-bond donors (Lipinski definition) is 2. The zero-order valence-electron chi connectivity index (χ0n) is 20.5. The number of anilines is 2. The molecule has 1 aromatic carbocycles. The zero-order chi connectivity index (χ0) is 27.1. The van der Waals surface area contributed by atoms with Crippen LogP contribution in [-0.4, -0.2) is 63.9 Å². The number of hydrogen-bond acceptors (Lipinski definition) is 11. The lowest BCUT2D eigenvalue weighted by atomic mass is 10.2. The smallest absolute Gasteiger partial charge is 0.473 e. The third-order valence-electron chi connectivity index (χ3n) is 5.51. The van der Waals surface area contributed by atoms with Crippen molar-refractivity contribution in [2.24, 2.45) is 4.99 Å². The van der Waals surface area contributed by atoms with Crippen LogP contribution in [0.1, 0.15) is 34.6 Å². The molecule has 2 aromatic heterocycles. The number of nitrogens with one attached hydrogen (secondary N) is 1. The lowest BCUT2D eigenvalue weighted by Gasteiger charge is -2.26. The molecule has 0 spiro atoms. The molecule has 1 aliphatic heterocycles. The summed E-state index contributed by atoms with van der Waals surface area (Å²) in [6.07, 6.45) is 6.01. The van der Waals surface area contributed by atoms with Crippen molar-refractivity contribution in [2.75, 3.05) is 31.0 Å². The van der Waals surface area contributed by atoms with Crippen molar-refractivity contribution in [3.05, 3.63) is 64.8 Å². The van der Waals surface area contributed by atoms with E-state index in [2.05, 4.69) is 34.8 Å². The maximum Gasteiger partial charge on any atom is 0.473 e. The fraction of sp³-hybridized carbons (Fsp3) is 0.304. The average molecular weight is 562 g/mol. The molecule has 38 heavy (non-hydrogen) atoms. The topological polar surface area (TPSA) is 161 Å². The Bertz CT molecular complexity index is 1360. The van der Waals surface area contributed by atoms with Gasteiger partial charge in [0.1, 0.15) is 23.4 Å². The van der Waals surface area contributed by atoms with Crippen molar-refractivity contribution in [1.82, 2.24) is 19.9 Å². The minimum absolute atomic E-state index is 0.0990. The highest BCUT2D eigenvalue weighted by Gasteiger charge is 2.34. The summed E-state index contributed by atoms with van der Waals surface area (Å²) >= 11 is 6.25. The molecule has 2 unspecified atom stereocenters. The molecule has 3 heterocycles. The van der Waals surface area contributed by atoms with Gasteiger partial charge in [-0.3, -0.25) is 13.8 Å². The lowest BCUT2D eigenvalue weighted by molar-refractivity contribution is 0.100. The van der Waals surface area contributed by atoms with Crippen LogP contribution in [0.4, 0.5) is 11.8 Å². The summed E-state index contributed by atoms with van der Waals surface area (Å²) in [5.41, 5.74) is 0.904. The Hall–Kier alpha value is -3.48. The molecule has 0 radical (unpaired) electrons. The molecule has 0 bridgehead atoms. The molecule has 0 aliphatic carbocycles. The molecule has 1 saturated heterocycles. The van der Waals surface area contributed by atoms with E-state index in [0.717, 1.165) is 12.7 Å². The largest absolute Gasteiger partial charge is 0.495 e. The van der Waals surface area contributed by atoms with Crippen LogP contribution in [-0.2, 0) is 20.2 Å². The Morgan fingerprint density at radius 3 is 2.82 bits per heavy atom. The van der Waals surface area contributed by atoms with Crippen LogP contribution in [0.5, 0.6) is 5.75 Å². The second kappa shape index (κ2) is 12.4. The highest BCUT2D eigenvalue weighted by molar-refractivity contribution is 7.47. The van der Waals surface area contributed by atoms with Gasteiger partial charge in [-0.1, -0.05) is 17.7 Å². The van der Waals surface area contributed by atoms with Crippen LogP contribution in [0.15, 0.2) is 47.8 Å². The number of carbonyl (C=O) groups is 1. The standard InChI is InChI=1S/C23H25ClN7O6P/c1-35-18-7-6-15(11-17(18)24)12-27-21-16(22(32)28-14-19-25-8-4-9-26-19)13-29-23(30-21)31-10-3-5-20(31)37-38(33,34)36-2/h4,6-9,11,13-14,20H,3,5,10,12H2,1-2H3,(H,33,34)(H,27,29,30). The first-order valence-electron chi connectivity index (χ1n) is 11.4. The van der Waals surface area contributed by atoms with Gasteiger partial charge >= 0.3 is 7.82 Å². The van der Waals surface area contributed by atoms with Crippen molar-refractivity contribution >= 4 is 43.3 Å². The van der Waals surface area contributed by atoms with Crippen molar-refractivity contribution in [3.63, 3.8) is 0 Å². The van der Waals surface area contributed by atoms with Gasteiger partial charge in [0.2, 0.25) is 5.95 Å². The number of carbonyl (C=O) groups excluding carboxylic acids is 1. The van der Waals surface area contributed by atoms with Gasteiger partial charge in [-0.05, 0) is 36.6 Å². The maximum atomic E-state index is 13.0. The third kappa shape index (κ3) is 6.88. The normalized spacial score (nSPS) is 16.9. The second-order valence-corrected chi connectivity index (χ2v) is 9.89. The number of aliphatic imine (C=N–C) groups is 1. The van der Waals surface area contributed by atoms with Crippen molar-refractivity contribution in [3.8, 4) is 5.75 Å². The van der Waals surface area contributed by atoms with E-state index < -0.39 is 20.0 Å². The predicted molar refractivity (Wildman–Crippen MR) is 140 cm³/mol. The summed E-state index contributed by atoms with van der Waals surface area (Å²) in [5, 5.41) is 3.57. The van der Waals surface area contributed by atoms with Gasteiger partial charge in [0.15, 0.2) is 5.82 Å². The van der Waals surface area contributed by atoms with Crippen LogP contribution in [0.3, 0.4) is 0 Å². The van der Waals surface area contributed by atoms with Crippen LogP contribution in [0.25, 0.3) is 0 Å². The minimum atomic E-state index is -4.24. The minimum Gasteiger partial charge on any atom is -0.495 e. The van der Waals surface area contributed by atoms with E-state index in [4.69, 9.17) is 20.9 Å². The molecule has 3 aromatic rings. The van der Waals surface area contributed by atoms with Gasteiger partial charge in [0, 0.05) is 38.8 Å². The third-order valence-corrected chi connectivity index (χ3v) is 6.77. The number of halogens is 1. The molecule has 13 nitrogen and oxygen atoms in total. The van der Waals surface area contributed by atoms with Gasteiger partial charge in [-0.2, -0.15) is 4.98 Å². The van der Waals surface area contributed by atoms with E-state index in [1.807, 2.05) is 6.07 Å². The number of nitrogens with zero attached hydrogens (tertiary/aromatic N) is 6. The molecular weight excluding hydrogens is 537 g/mol. The number of amides is 1. The monoisotopic (exact) mass is 561 g/mol. The molecule has 1 fully saturated rings. The number of ether oxygens (including phenoxy) is 1. The maximum absolute atomic E-state index is 13.0. The molecule has 2 N–H and O–H groups in total. The fourth-order valence-corrected chi connectivity index (χ4v) is 4.54. The molecule has 0 saturated carbocycles. The Balaban J connectivity index is 1.62. The number of rotatable bonds is 10. The second-order valence-electron chi connectivity index (χ2n) is 7.97. The van der Waals surface area contributed by atoms with Crippen LogP contribution >= 0.6 is 19.4 Å². The Kier molecular flexibility index (Phi) is 8.97. The first-order chi connectivity index (χ1) is 18.3. The summed E-state index contributed by atoms with van der Waals surface area (Å²) in [6, 6.07) is 6.93. The first kappa shape index (κ1) is 27.6. The van der Waals surface area contributed by atoms with Gasteiger partial charge in [0.25, 0.3) is 5.91 Å². The van der Waals surface area contributed by atoms with Gasteiger partial charge in [0.05, 0.1) is 18.3 Å². The molecule has 1 aliphatic rings. The van der Waals surface area contributed by atoms with Gasteiger partial charge in [-0.25, -0.2) is 24.5 Å². The van der Waals surface area contributed by atoms with E-state index in [1.54, 1.807) is 23.1 Å². The van der Waals surface area contributed by atoms with Gasteiger partial charge in [-0.15, -0.1) is 0 Å². The average Bonchev–Trinajstić information content (AvgIpc) is 3.38. The molecule has 15 heteroatoms. The van der Waals surface area contributed by atoms with E-state index in [-0.39, 0.29) is 29.7 Å². The van der Waals surface area contributed by atoms with Crippen LogP contribution < -0.4 is 15.0 Å². The van der Waals surface area contributed by atoms with E-state index in [0.29, 0.717) is 30.2 Å². The number of aromatic nitrogens is 4.